The van der Waals surface area contributed by atoms with Gasteiger partial charge in [0, 0.05) is 5.57 Å². The van der Waals surface area contributed by atoms with Gasteiger partial charge in [0.15, 0.2) is 0 Å². The Kier molecular flexibility index (Phi) is 6.81. The molecule has 0 fully saturated rings. The zero-order chi connectivity index (χ0) is 15.7. The van der Waals surface area contributed by atoms with Crippen molar-refractivity contribution in [2.45, 2.75) is 6.92 Å². The molecule has 0 amide bonds. The summed E-state index contributed by atoms with van der Waals surface area (Å²) in [6.45, 7) is 1.77. The molecule has 0 aliphatic carbocycles. The van der Waals surface area contributed by atoms with Crippen LogP contribution in [0.25, 0.3) is 6.08 Å². The second kappa shape index (κ2) is 8.64. The summed E-state index contributed by atoms with van der Waals surface area (Å²) >= 11 is 0. The zero-order valence-electron chi connectivity index (χ0n) is 12.8. The fourth-order valence-electron chi connectivity index (χ4n) is 1.73. The van der Waals surface area contributed by atoms with E-state index in [4.69, 9.17) is 14.2 Å². The average Bonchev–Trinajstić information content (AvgIpc) is 2.53. The number of allylic oxidation sites excluding steroid dienone is 1. The van der Waals surface area contributed by atoms with Gasteiger partial charge >= 0.3 is 5.97 Å². The molecule has 0 atom stereocenters. The molecule has 0 heterocycles. The quantitative estimate of drug-likeness (QED) is 0.348. The van der Waals surface area contributed by atoms with Gasteiger partial charge < -0.3 is 14.2 Å². The van der Waals surface area contributed by atoms with Gasteiger partial charge in [0.1, 0.15) is 11.3 Å². The van der Waals surface area contributed by atoms with E-state index in [1.54, 1.807) is 20.1 Å². The van der Waals surface area contributed by atoms with Crippen LogP contribution in [-0.2, 0) is 19.0 Å². The molecule has 21 heavy (non-hydrogen) atoms. The van der Waals surface area contributed by atoms with Gasteiger partial charge in [-0.3, -0.25) is 0 Å². The van der Waals surface area contributed by atoms with Gasteiger partial charge in [0.2, 0.25) is 0 Å². The predicted octanol–water partition coefficient (Wildman–Crippen LogP) is 3.32. The number of carbonyl (C=O) groups excluding carboxylic acids is 1. The van der Waals surface area contributed by atoms with Crippen molar-refractivity contribution in [3.8, 4) is 0 Å². The van der Waals surface area contributed by atoms with E-state index in [-0.39, 0.29) is 0 Å². The van der Waals surface area contributed by atoms with Gasteiger partial charge in [-0.05, 0) is 18.6 Å². The molecule has 0 unspecified atom stereocenters. The summed E-state index contributed by atoms with van der Waals surface area (Å²) in [5, 5.41) is 0. The number of esters is 1. The largest absolute Gasteiger partial charge is 0.503 e. The van der Waals surface area contributed by atoms with Crippen LogP contribution in [-0.4, -0.2) is 27.3 Å². The Hall–Kier alpha value is -2.49. The Morgan fingerprint density at radius 2 is 1.71 bits per heavy atom. The van der Waals surface area contributed by atoms with Gasteiger partial charge in [-0.1, -0.05) is 36.4 Å². The predicted molar refractivity (Wildman–Crippen MR) is 82.3 cm³/mol. The Labute approximate surface area is 125 Å². The zero-order valence-corrected chi connectivity index (χ0v) is 12.8. The molecule has 0 bridgehead atoms. The van der Waals surface area contributed by atoms with E-state index >= 15 is 0 Å². The lowest BCUT2D eigenvalue weighted by Crippen LogP contribution is -2.08. The van der Waals surface area contributed by atoms with Crippen LogP contribution in [0.4, 0.5) is 0 Å². The summed E-state index contributed by atoms with van der Waals surface area (Å²) in [6, 6.07) is 9.81. The summed E-state index contributed by atoms with van der Waals surface area (Å²) in [7, 11) is 4.35. The summed E-state index contributed by atoms with van der Waals surface area (Å²) in [5.41, 5.74) is 1.99. The third-order valence-electron chi connectivity index (χ3n) is 2.86. The van der Waals surface area contributed by atoms with Crippen molar-refractivity contribution in [3.05, 3.63) is 65.1 Å². The van der Waals surface area contributed by atoms with Crippen molar-refractivity contribution in [3.63, 3.8) is 0 Å². The van der Waals surface area contributed by atoms with Gasteiger partial charge in [-0.2, -0.15) is 0 Å². The molecule has 0 saturated carbocycles. The highest BCUT2D eigenvalue weighted by Gasteiger charge is 2.15. The third-order valence-corrected chi connectivity index (χ3v) is 2.86. The highest BCUT2D eigenvalue weighted by molar-refractivity contribution is 5.93. The van der Waals surface area contributed by atoms with Crippen LogP contribution in [0.15, 0.2) is 59.6 Å². The van der Waals surface area contributed by atoms with Gasteiger partial charge in [0.25, 0.3) is 0 Å². The molecule has 0 aliphatic heterocycles. The average molecular weight is 288 g/mol. The van der Waals surface area contributed by atoms with Crippen LogP contribution >= 0.6 is 0 Å². The highest BCUT2D eigenvalue weighted by Crippen LogP contribution is 2.19. The Morgan fingerprint density at radius 3 is 2.24 bits per heavy atom. The van der Waals surface area contributed by atoms with Crippen molar-refractivity contribution in [1.82, 2.24) is 0 Å². The van der Waals surface area contributed by atoms with Crippen molar-refractivity contribution >= 4 is 12.0 Å². The van der Waals surface area contributed by atoms with Crippen molar-refractivity contribution in [2.75, 3.05) is 21.3 Å². The Morgan fingerprint density at radius 1 is 1.05 bits per heavy atom. The minimum Gasteiger partial charge on any atom is -0.503 e. The SMILES string of the molecule is CO\C=C(C(=O)OC)/C(C)=C(/C=C/c1ccccc1)OC. The number of benzene rings is 1. The van der Waals surface area contributed by atoms with E-state index in [2.05, 4.69) is 0 Å². The first-order valence-corrected chi connectivity index (χ1v) is 6.43. The maximum absolute atomic E-state index is 11.8. The van der Waals surface area contributed by atoms with E-state index < -0.39 is 5.97 Å². The second-order valence-electron chi connectivity index (χ2n) is 4.20. The highest BCUT2D eigenvalue weighted by atomic mass is 16.5. The first-order chi connectivity index (χ1) is 10.1. The van der Waals surface area contributed by atoms with E-state index in [0.717, 1.165) is 5.56 Å². The van der Waals surface area contributed by atoms with Crippen LogP contribution in [0.3, 0.4) is 0 Å². The first-order valence-electron chi connectivity index (χ1n) is 6.43. The number of ether oxygens (including phenoxy) is 3. The Balaban J connectivity index is 3.12. The van der Waals surface area contributed by atoms with Gasteiger partial charge in [0.05, 0.1) is 27.6 Å². The fourth-order valence-corrected chi connectivity index (χ4v) is 1.73. The molecule has 1 aromatic carbocycles. The number of hydrogen-bond acceptors (Lipinski definition) is 4. The van der Waals surface area contributed by atoms with E-state index in [1.165, 1.54) is 20.5 Å². The molecule has 112 valence electrons. The maximum atomic E-state index is 11.8. The molecule has 4 nitrogen and oxygen atoms in total. The van der Waals surface area contributed by atoms with Crippen molar-refractivity contribution in [2.24, 2.45) is 0 Å². The monoisotopic (exact) mass is 288 g/mol. The van der Waals surface area contributed by atoms with Crippen molar-refractivity contribution in [1.29, 1.82) is 0 Å². The molecule has 0 N–H and O–H groups in total. The van der Waals surface area contributed by atoms with Crippen LogP contribution in [0.5, 0.6) is 0 Å². The fraction of sp³-hybridized carbons (Fsp3) is 0.235. The Bertz CT molecular complexity index is 553. The molecular weight excluding hydrogens is 268 g/mol. The second-order valence-corrected chi connectivity index (χ2v) is 4.20. The maximum Gasteiger partial charge on any atom is 0.341 e. The standard InChI is InChI=1S/C17H20O4/c1-13(15(12-19-2)17(18)21-4)16(20-3)11-10-14-8-6-5-7-9-14/h5-12H,1-4H3/b11-10+,15-12+,16-13-. The molecule has 0 saturated heterocycles. The van der Waals surface area contributed by atoms with Crippen LogP contribution in [0.1, 0.15) is 12.5 Å². The van der Waals surface area contributed by atoms with Crippen LogP contribution in [0.2, 0.25) is 0 Å². The normalized spacial score (nSPS) is 12.9. The van der Waals surface area contributed by atoms with Crippen LogP contribution < -0.4 is 0 Å². The summed E-state index contributed by atoms with van der Waals surface area (Å²) in [6.07, 6.45) is 5.05. The summed E-state index contributed by atoms with van der Waals surface area (Å²) in [4.78, 5) is 11.8. The number of methoxy groups -OCH3 is 3. The molecule has 4 heteroatoms. The molecule has 1 aromatic rings. The van der Waals surface area contributed by atoms with E-state index in [9.17, 15) is 4.79 Å². The summed E-state index contributed by atoms with van der Waals surface area (Å²) < 4.78 is 15.0. The minimum atomic E-state index is -0.475. The first kappa shape index (κ1) is 16.6. The molecule has 0 aromatic heterocycles. The third kappa shape index (κ3) is 4.84. The van der Waals surface area contributed by atoms with E-state index in [1.807, 2.05) is 36.4 Å². The number of hydrogen-bond donors (Lipinski definition) is 0. The topological polar surface area (TPSA) is 44.8 Å². The lowest BCUT2D eigenvalue weighted by Gasteiger charge is -2.10. The van der Waals surface area contributed by atoms with Gasteiger partial charge in [-0.15, -0.1) is 0 Å². The minimum absolute atomic E-state index is 0.314. The van der Waals surface area contributed by atoms with E-state index in [0.29, 0.717) is 16.9 Å². The van der Waals surface area contributed by atoms with Crippen LogP contribution in [0, 0.1) is 0 Å². The molecule has 0 aliphatic rings. The number of rotatable bonds is 6. The molecule has 0 radical (unpaired) electrons. The summed E-state index contributed by atoms with van der Waals surface area (Å²) in [5.74, 6) is 0.0876. The molecular formula is C17H20O4. The number of carbonyl (C=O) groups is 1. The molecule has 0 spiro atoms. The lowest BCUT2D eigenvalue weighted by atomic mass is 10.1. The van der Waals surface area contributed by atoms with Crippen molar-refractivity contribution < 1.29 is 19.0 Å². The van der Waals surface area contributed by atoms with Gasteiger partial charge in [-0.25, -0.2) is 4.79 Å². The lowest BCUT2D eigenvalue weighted by molar-refractivity contribution is -0.136. The molecule has 1 rings (SSSR count). The smallest absolute Gasteiger partial charge is 0.341 e.